The van der Waals surface area contributed by atoms with Crippen LogP contribution in [0.1, 0.15) is 51.5 Å². The number of carbonyl (C=O) groups excluding carboxylic acids is 2. The maximum absolute atomic E-state index is 14.2. The fourth-order valence-electron chi connectivity index (χ4n) is 5.30. The molecule has 0 saturated heterocycles. The Bertz CT molecular complexity index is 1700. The van der Waals surface area contributed by atoms with Crippen molar-refractivity contribution in [1.29, 1.82) is 0 Å². The van der Waals surface area contributed by atoms with E-state index in [9.17, 15) is 27.2 Å². The van der Waals surface area contributed by atoms with Crippen LogP contribution in [0.2, 0.25) is 0 Å². The number of allylic oxidation sites excluding steroid dienone is 2. The van der Waals surface area contributed by atoms with Crippen molar-refractivity contribution in [2.24, 2.45) is 5.73 Å². The minimum absolute atomic E-state index is 0.0183. The summed E-state index contributed by atoms with van der Waals surface area (Å²) >= 11 is 0. The van der Waals surface area contributed by atoms with Gasteiger partial charge in [0.15, 0.2) is 0 Å². The molecule has 0 radical (unpaired) electrons. The van der Waals surface area contributed by atoms with E-state index in [0.29, 0.717) is 39.9 Å². The van der Waals surface area contributed by atoms with Gasteiger partial charge in [0.2, 0.25) is 0 Å². The second-order valence-corrected chi connectivity index (χ2v) is 10.1. The normalized spacial score (nSPS) is 13.0. The molecule has 9 heteroatoms. The van der Waals surface area contributed by atoms with Crippen LogP contribution in [0, 0.1) is 23.3 Å². The van der Waals surface area contributed by atoms with E-state index in [4.69, 9.17) is 11.5 Å². The minimum Gasteiger partial charge on any atom is -0.384 e. The zero-order valence-corrected chi connectivity index (χ0v) is 21.8. The van der Waals surface area contributed by atoms with Crippen molar-refractivity contribution in [2.75, 3.05) is 5.73 Å². The number of halogens is 4. The van der Waals surface area contributed by atoms with Gasteiger partial charge in [-0.05, 0) is 89.2 Å². The molecule has 0 unspecified atom stereocenters. The molecule has 5 nitrogen and oxygen atoms in total. The highest BCUT2D eigenvalue weighted by Crippen LogP contribution is 2.36. The smallest absolute Gasteiger partial charge is 0.251 e. The lowest BCUT2D eigenvalue weighted by Crippen LogP contribution is -2.15. The summed E-state index contributed by atoms with van der Waals surface area (Å²) in [6, 6.07) is 14.5. The number of Topliss-reactive ketones (excluding diaryl/α,β-unsaturated/α-hetero) is 1. The largest absolute Gasteiger partial charge is 0.384 e. The second-order valence-electron chi connectivity index (χ2n) is 10.1. The molecule has 0 bridgehead atoms. The van der Waals surface area contributed by atoms with Gasteiger partial charge in [0.05, 0.1) is 11.3 Å². The molecular weight excluding hydrogens is 534 g/mol. The Morgan fingerprint density at radius 3 is 2.34 bits per heavy atom. The molecule has 1 aliphatic rings. The summed E-state index contributed by atoms with van der Waals surface area (Å²) in [5.74, 6) is -4.49. The average molecular weight is 560 g/mol. The number of carbonyl (C=O) groups is 2. The number of anilines is 1. The number of amides is 1. The number of nitrogens with two attached hydrogens (primary N) is 2. The molecular formula is C32H25F4N3O2. The number of ketones is 1. The zero-order valence-electron chi connectivity index (χ0n) is 21.8. The quantitative estimate of drug-likeness (QED) is 0.235. The number of rotatable bonds is 9. The number of hydrogen-bond donors (Lipinski definition) is 2. The molecule has 0 fully saturated rings. The highest BCUT2D eigenvalue weighted by atomic mass is 19.1. The molecule has 3 aromatic carbocycles. The second kappa shape index (κ2) is 11.4. The molecule has 41 heavy (non-hydrogen) atoms. The first kappa shape index (κ1) is 27.8. The predicted molar refractivity (Wildman–Crippen MR) is 148 cm³/mol. The van der Waals surface area contributed by atoms with Crippen LogP contribution in [-0.2, 0) is 17.6 Å². The Morgan fingerprint density at radius 1 is 0.854 bits per heavy atom. The van der Waals surface area contributed by atoms with Gasteiger partial charge in [-0.25, -0.2) is 22.5 Å². The molecule has 1 heterocycles. The number of nitrogens with zero attached hydrogens (tertiary/aromatic N) is 1. The Hall–Kier alpha value is -4.79. The third kappa shape index (κ3) is 6.19. The first-order chi connectivity index (χ1) is 19.6. The summed E-state index contributed by atoms with van der Waals surface area (Å²) in [4.78, 5) is 29.8. The van der Waals surface area contributed by atoms with E-state index in [2.05, 4.69) is 4.98 Å². The third-order valence-corrected chi connectivity index (χ3v) is 7.13. The fourth-order valence-corrected chi connectivity index (χ4v) is 5.30. The van der Waals surface area contributed by atoms with Gasteiger partial charge in [0.1, 0.15) is 34.9 Å². The number of pyridine rings is 1. The van der Waals surface area contributed by atoms with Gasteiger partial charge >= 0.3 is 0 Å². The van der Waals surface area contributed by atoms with E-state index in [1.807, 2.05) is 6.08 Å². The van der Waals surface area contributed by atoms with E-state index in [0.717, 1.165) is 17.7 Å². The topological polar surface area (TPSA) is 99.1 Å². The van der Waals surface area contributed by atoms with Gasteiger partial charge in [0.25, 0.3) is 5.91 Å². The lowest BCUT2D eigenvalue weighted by Gasteiger charge is -2.21. The maximum Gasteiger partial charge on any atom is 0.251 e. The van der Waals surface area contributed by atoms with Crippen molar-refractivity contribution < 1.29 is 27.2 Å². The van der Waals surface area contributed by atoms with Crippen LogP contribution < -0.4 is 11.5 Å². The Kier molecular flexibility index (Phi) is 7.70. The van der Waals surface area contributed by atoms with E-state index >= 15 is 0 Å². The summed E-state index contributed by atoms with van der Waals surface area (Å²) in [6.45, 7) is 0. The first-order valence-electron chi connectivity index (χ1n) is 12.9. The number of fused-ring (bicyclic) bond motifs is 1. The van der Waals surface area contributed by atoms with E-state index in [1.54, 1.807) is 12.1 Å². The average Bonchev–Trinajstić information content (AvgIpc) is 3.29. The fraction of sp³-hybridized carbons (Fsp3) is 0.156. The number of aromatic nitrogens is 1. The van der Waals surface area contributed by atoms with Gasteiger partial charge in [-0.3, -0.25) is 9.59 Å². The van der Waals surface area contributed by atoms with Crippen LogP contribution in [0.4, 0.5) is 23.4 Å². The van der Waals surface area contributed by atoms with Gasteiger partial charge in [0, 0.05) is 30.4 Å². The number of hydrogen-bond acceptors (Lipinski definition) is 4. The lowest BCUT2D eigenvalue weighted by molar-refractivity contribution is -0.118. The van der Waals surface area contributed by atoms with Gasteiger partial charge in [-0.1, -0.05) is 18.2 Å². The van der Waals surface area contributed by atoms with E-state index in [-0.39, 0.29) is 36.4 Å². The number of benzene rings is 3. The van der Waals surface area contributed by atoms with Crippen LogP contribution in [0.5, 0.6) is 0 Å². The van der Waals surface area contributed by atoms with Crippen molar-refractivity contribution >= 4 is 23.1 Å². The van der Waals surface area contributed by atoms with E-state index in [1.165, 1.54) is 42.5 Å². The van der Waals surface area contributed by atoms with Gasteiger partial charge in [-0.2, -0.15) is 0 Å². The highest BCUT2D eigenvalue weighted by molar-refractivity contribution is 5.95. The molecule has 1 aromatic heterocycles. The molecule has 208 valence electrons. The number of primary amides is 1. The van der Waals surface area contributed by atoms with Crippen molar-refractivity contribution in [3.8, 4) is 11.1 Å². The molecule has 4 N–H and O–H groups in total. The van der Waals surface area contributed by atoms with Crippen LogP contribution in [-0.4, -0.2) is 16.7 Å². The van der Waals surface area contributed by atoms with Gasteiger partial charge < -0.3 is 11.5 Å². The van der Waals surface area contributed by atoms with Crippen molar-refractivity contribution in [3.63, 3.8) is 0 Å². The Labute approximate surface area is 233 Å². The Morgan fingerprint density at radius 2 is 1.61 bits per heavy atom. The maximum atomic E-state index is 14.2. The predicted octanol–water partition coefficient (Wildman–Crippen LogP) is 6.30. The third-order valence-electron chi connectivity index (χ3n) is 7.13. The monoisotopic (exact) mass is 559 g/mol. The minimum atomic E-state index is -0.960. The summed E-state index contributed by atoms with van der Waals surface area (Å²) in [5, 5.41) is 0. The van der Waals surface area contributed by atoms with Crippen molar-refractivity contribution in [2.45, 2.75) is 31.6 Å². The first-order valence-corrected chi connectivity index (χ1v) is 12.9. The number of nitrogen functional groups attached to an aromatic ring is 1. The SMILES string of the molecule is NC(=O)c1cc(-c2ccc(N)nc2[C@@H](CC(=O)CC2=CCc3ccc(F)cc32)Cc2cc(F)cc(F)c2)ccc1F. The zero-order chi connectivity index (χ0) is 29.3. The van der Waals surface area contributed by atoms with Crippen LogP contribution in [0.25, 0.3) is 16.7 Å². The molecule has 0 aliphatic heterocycles. The van der Waals surface area contributed by atoms with Crippen LogP contribution >= 0.6 is 0 Å². The van der Waals surface area contributed by atoms with E-state index < -0.39 is 35.1 Å². The summed E-state index contributed by atoms with van der Waals surface area (Å²) in [5.41, 5.74) is 14.8. The molecule has 5 rings (SSSR count). The van der Waals surface area contributed by atoms with Crippen molar-refractivity contribution in [3.05, 3.63) is 124 Å². The van der Waals surface area contributed by atoms with Crippen LogP contribution in [0.15, 0.2) is 72.8 Å². The summed E-state index contributed by atoms with van der Waals surface area (Å²) in [7, 11) is 0. The molecule has 0 spiro atoms. The molecule has 0 saturated carbocycles. The van der Waals surface area contributed by atoms with Crippen LogP contribution in [0.3, 0.4) is 0 Å². The molecule has 4 aromatic rings. The van der Waals surface area contributed by atoms with Gasteiger partial charge in [-0.15, -0.1) is 0 Å². The molecule has 1 aliphatic carbocycles. The summed E-state index contributed by atoms with van der Waals surface area (Å²) < 4.78 is 56.3. The highest BCUT2D eigenvalue weighted by Gasteiger charge is 2.25. The lowest BCUT2D eigenvalue weighted by atomic mass is 9.85. The summed E-state index contributed by atoms with van der Waals surface area (Å²) in [6.07, 6.45) is 2.42. The molecule has 1 atom stereocenters. The van der Waals surface area contributed by atoms with Crippen molar-refractivity contribution in [1.82, 2.24) is 4.98 Å². The standard InChI is InChI=1S/C32H25F4N3O2/c33-22-5-3-18-1-2-19(27(18)16-22)12-25(40)13-21(9-17-10-23(34)15-24(35)11-17)31-26(6-8-30(37)39-31)20-4-7-29(36)28(14-20)32(38)41/h2-8,10-11,14-16,21H,1,9,12-13H2,(H2,37,39)(H2,38,41)/t21-/m1/s1. The Balaban J connectivity index is 1.53. The molecule has 1 amide bonds.